The predicted octanol–water partition coefficient (Wildman–Crippen LogP) is 3.42. The number of amides is 1. The molecular weight excluding hydrogens is 435 g/mol. The van der Waals surface area contributed by atoms with Crippen LogP contribution in [-0.4, -0.2) is 63.3 Å². The first-order valence-corrected chi connectivity index (χ1v) is 10.7. The number of carboxylic acid groups (broad SMARTS) is 1. The van der Waals surface area contributed by atoms with E-state index in [2.05, 4.69) is 9.97 Å². The van der Waals surface area contributed by atoms with E-state index in [0.29, 0.717) is 5.69 Å². The highest BCUT2D eigenvalue weighted by Crippen LogP contribution is 2.32. The molecule has 1 amide bonds. The average Bonchev–Trinajstić information content (AvgIpc) is 3.23. The number of ether oxygens (including phenoxy) is 1. The Morgan fingerprint density at radius 3 is 2.45 bits per heavy atom. The Morgan fingerprint density at radius 2 is 1.90 bits per heavy atom. The largest absolute Gasteiger partial charge is 0.490 e. The highest BCUT2D eigenvalue weighted by atomic mass is 32.1. The number of aliphatic carboxylic acids is 1. The van der Waals surface area contributed by atoms with Crippen molar-refractivity contribution in [2.75, 3.05) is 13.2 Å². The van der Waals surface area contributed by atoms with Crippen molar-refractivity contribution in [3.63, 3.8) is 0 Å². The lowest BCUT2D eigenvalue weighted by Crippen LogP contribution is -2.42. The van der Waals surface area contributed by atoms with Crippen LogP contribution in [0.25, 0.3) is 0 Å². The van der Waals surface area contributed by atoms with E-state index < -0.39 is 12.1 Å². The second-order valence-electron chi connectivity index (χ2n) is 7.41. The van der Waals surface area contributed by atoms with Crippen molar-refractivity contribution >= 4 is 23.2 Å². The highest BCUT2D eigenvalue weighted by Gasteiger charge is 2.39. The first kappa shape index (κ1) is 23.1. The van der Waals surface area contributed by atoms with Gasteiger partial charge in [-0.25, -0.2) is 9.78 Å². The Kier molecular flexibility index (Phi) is 7.60. The standard InChI is InChI=1S/C18H21N3O2S.C2HF3O2/c22-18(15-11-24-12-20-15)21-8-5-17(23-10-14-1-2-14)16(21)9-13-3-6-19-7-4-13;3-2(4,5)1(6)7/h3-4,6-7,11-12,14,16-17H,1-2,5,8-10H2;(H,6,7)/t16-,17-;/m0./s1. The van der Waals surface area contributed by atoms with Gasteiger partial charge in [0.25, 0.3) is 5.91 Å². The van der Waals surface area contributed by atoms with E-state index in [1.54, 1.807) is 17.9 Å². The fourth-order valence-corrected chi connectivity index (χ4v) is 3.81. The Bertz CT molecular complexity index is 860. The molecule has 3 heterocycles. The molecule has 1 aliphatic carbocycles. The molecule has 1 N–H and O–H groups in total. The smallest absolute Gasteiger partial charge is 0.475 e. The van der Waals surface area contributed by atoms with Crippen LogP contribution in [-0.2, 0) is 16.0 Å². The third-order valence-corrected chi connectivity index (χ3v) is 5.66. The van der Waals surface area contributed by atoms with Gasteiger partial charge < -0.3 is 14.7 Å². The van der Waals surface area contributed by atoms with Crippen molar-refractivity contribution in [2.45, 2.75) is 44.0 Å². The Hall–Kier alpha value is -2.53. The van der Waals surface area contributed by atoms with Crippen LogP contribution in [0, 0.1) is 5.92 Å². The number of pyridine rings is 1. The van der Waals surface area contributed by atoms with E-state index in [1.807, 2.05) is 22.4 Å². The number of aromatic nitrogens is 2. The molecule has 1 aliphatic heterocycles. The maximum atomic E-state index is 12.8. The summed E-state index contributed by atoms with van der Waals surface area (Å²) < 4.78 is 37.9. The number of halogens is 3. The van der Waals surface area contributed by atoms with E-state index in [0.717, 1.165) is 31.9 Å². The van der Waals surface area contributed by atoms with Crippen molar-refractivity contribution in [3.8, 4) is 0 Å². The van der Waals surface area contributed by atoms with Gasteiger partial charge in [0, 0.05) is 30.9 Å². The molecule has 1 saturated carbocycles. The number of carbonyl (C=O) groups excluding carboxylic acids is 1. The fraction of sp³-hybridized carbons (Fsp3) is 0.500. The van der Waals surface area contributed by atoms with Crippen molar-refractivity contribution < 1.29 is 32.6 Å². The normalized spacial score (nSPS) is 20.8. The molecule has 2 aromatic rings. The molecule has 0 unspecified atom stereocenters. The van der Waals surface area contributed by atoms with Gasteiger partial charge in [0.05, 0.1) is 17.7 Å². The monoisotopic (exact) mass is 457 g/mol. The molecule has 0 spiro atoms. The van der Waals surface area contributed by atoms with Crippen molar-refractivity contribution in [3.05, 3.63) is 46.7 Å². The molecule has 4 rings (SSSR count). The van der Waals surface area contributed by atoms with Gasteiger partial charge in [0.1, 0.15) is 5.69 Å². The number of hydrogen-bond donors (Lipinski definition) is 1. The van der Waals surface area contributed by atoms with Crippen molar-refractivity contribution in [2.24, 2.45) is 5.92 Å². The van der Waals surface area contributed by atoms with Gasteiger partial charge in [-0.3, -0.25) is 9.78 Å². The minimum Gasteiger partial charge on any atom is -0.475 e. The summed E-state index contributed by atoms with van der Waals surface area (Å²) in [6.45, 7) is 1.57. The van der Waals surface area contributed by atoms with Crippen molar-refractivity contribution in [1.82, 2.24) is 14.9 Å². The van der Waals surface area contributed by atoms with Gasteiger partial charge >= 0.3 is 12.1 Å². The zero-order valence-electron chi connectivity index (χ0n) is 16.5. The van der Waals surface area contributed by atoms with E-state index in [-0.39, 0.29) is 18.1 Å². The van der Waals surface area contributed by atoms with Crippen molar-refractivity contribution in [1.29, 1.82) is 0 Å². The highest BCUT2D eigenvalue weighted by molar-refractivity contribution is 7.07. The van der Waals surface area contributed by atoms with Crippen LogP contribution >= 0.6 is 11.3 Å². The molecule has 11 heteroatoms. The number of nitrogens with zero attached hydrogens (tertiary/aromatic N) is 3. The number of carboxylic acids is 1. The zero-order chi connectivity index (χ0) is 22.4. The molecule has 0 aromatic carbocycles. The second-order valence-corrected chi connectivity index (χ2v) is 8.12. The summed E-state index contributed by atoms with van der Waals surface area (Å²) in [5.41, 5.74) is 3.44. The van der Waals surface area contributed by atoms with E-state index in [4.69, 9.17) is 14.6 Å². The topological polar surface area (TPSA) is 92.6 Å². The molecule has 0 bridgehead atoms. The molecule has 2 atom stereocenters. The summed E-state index contributed by atoms with van der Waals surface area (Å²) in [5, 5.41) is 8.95. The number of likely N-dealkylation sites (tertiary alicyclic amines) is 1. The van der Waals surface area contributed by atoms with E-state index >= 15 is 0 Å². The minimum atomic E-state index is -5.08. The van der Waals surface area contributed by atoms with Crippen LogP contribution < -0.4 is 0 Å². The minimum absolute atomic E-state index is 0.0211. The van der Waals surface area contributed by atoms with Crippen LogP contribution in [0.4, 0.5) is 13.2 Å². The van der Waals surface area contributed by atoms with Crippen LogP contribution in [0.5, 0.6) is 0 Å². The maximum absolute atomic E-state index is 12.8. The number of carbonyl (C=O) groups is 2. The first-order chi connectivity index (χ1) is 14.8. The molecule has 1 saturated heterocycles. The Morgan fingerprint density at radius 1 is 1.23 bits per heavy atom. The van der Waals surface area contributed by atoms with Crippen LogP contribution in [0.3, 0.4) is 0 Å². The Labute approximate surface area is 180 Å². The van der Waals surface area contributed by atoms with Gasteiger partial charge in [-0.15, -0.1) is 11.3 Å². The lowest BCUT2D eigenvalue weighted by atomic mass is 10.0. The lowest BCUT2D eigenvalue weighted by molar-refractivity contribution is -0.192. The van der Waals surface area contributed by atoms with Crippen LogP contribution in [0.1, 0.15) is 35.3 Å². The number of thiazole rings is 1. The molecule has 2 aliphatic rings. The van der Waals surface area contributed by atoms with E-state index in [1.165, 1.54) is 29.7 Å². The lowest BCUT2D eigenvalue weighted by Gasteiger charge is -2.28. The van der Waals surface area contributed by atoms with Gasteiger partial charge in [0.15, 0.2) is 0 Å². The summed E-state index contributed by atoms with van der Waals surface area (Å²) in [7, 11) is 0. The number of alkyl halides is 3. The molecule has 2 aromatic heterocycles. The van der Waals surface area contributed by atoms with Gasteiger partial charge in [-0.2, -0.15) is 13.2 Å². The summed E-state index contributed by atoms with van der Waals surface area (Å²) in [5.74, 6) is -2.00. The van der Waals surface area contributed by atoms with E-state index in [9.17, 15) is 18.0 Å². The molecule has 7 nitrogen and oxygen atoms in total. The third kappa shape index (κ3) is 6.73. The molecule has 0 radical (unpaired) electrons. The zero-order valence-corrected chi connectivity index (χ0v) is 17.3. The summed E-state index contributed by atoms with van der Waals surface area (Å²) in [6.07, 6.45) is 2.90. The Balaban J connectivity index is 0.000000339. The summed E-state index contributed by atoms with van der Waals surface area (Å²) in [6, 6.07) is 4.10. The quantitative estimate of drug-likeness (QED) is 0.715. The van der Waals surface area contributed by atoms with Gasteiger partial charge in [-0.05, 0) is 49.3 Å². The van der Waals surface area contributed by atoms with Crippen LogP contribution in [0.2, 0.25) is 0 Å². The summed E-state index contributed by atoms with van der Waals surface area (Å²) in [4.78, 5) is 31.9. The number of rotatable bonds is 6. The van der Waals surface area contributed by atoms with Gasteiger partial charge in [0.2, 0.25) is 0 Å². The maximum Gasteiger partial charge on any atom is 0.490 e. The molecule has 168 valence electrons. The third-order valence-electron chi connectivity index (χ3n) is 5.08. The van der Waals surface area contributed by atoms with Gasteiger partial charge in [-0.1, -0.05) is 0 Å². The SMILES string of the molecule is O=C(O)C(F)(F)F.O=C(c1cscn1)N1CC[C@H](OCC2CC2)[C@@H]1Cc1ccncc1. The average molecular weight is 457 g/mol. The molecule has 31 heavy (non-hydrogen) atoms. The summed E-state index contributed by atoms with van der Waals surface area (Å²) >= 11 is 1.46. The predicted molar refractivity (Wildman–Crippen MR) is 106 cm³/mol. The molecule has 2 fully saturated rings. The number of hydrogen-bond acceptors (Lipinski definition) is 6. The van der Waals surface area contributed by atoms with Crippen LogP contribution in [0.15, 0.2) is 35.4 Å². The molecular formula is C20H22F3N3O4S. The fourth-order valence-electron chi connectivity index (χ4n) is 3.28. The first-order valence-electron chi connectivity index (χ1n) is 9.75. The second kappa shape index (κ2) is 10.2.